The van der Waals surface area contributed by atoms with E-state index in [0.29, 0.717) is 13.0 Å². The molecule has 0 aliphatic rings. The predicted octanol–water partition coefficient (Wildman–Crippen LogP) is 1.36. The fourth-order valence-electron chi connectivity index (χ4n) is 0.956. The Kier molecular flexibility index (Phi) is 5.18. The van der Waals surface area contributed by atoms with Gasteiger partial charge in [-0.15, -0.1) is 0 Å². The number of ketones is 1. The molecule has 0 fully saturated rings. The van der Waals surface area contributed by atoms with Gasteiger partial charge in [-0.2, -0.15) is 0 Å². The lowest BCUT2D eigenvalue weighted by Gasteiger charge is -2.18. The highest BCUT2D eigenvalue weighted by molar-refractivity contribution is 5.83. The summed E-state index contributed by atoms with van der Waals surface area (Å²) in [5, 5.41) is 0. The summed E-state index contributed by atoms with van der Waals surface area (Å²) in [5.41, 5.74) is 5.78. The molecule has 0 amide bonds. The van der Waals surface area contributed by atoms with Crippen molar-refractivity contribution in [2.24, 2.45) is 11.1 Å². The molecule has 0 spiro atoms. The number of hydrogen-bond acceptors (Lipinski definition) is 3. The van der Waals surface area contributed by atoms with Gasteiger partial charge in [-0.1, -0.05) is 20.8 Å². The van der Waals surface area contributed by atoms with E-state index in [0.717, 1.165) is 6.42 Å². The van der Waals surface area contributed by atoms with Gasteiger partial charge in [-0.3, -0.25) is 4.79 Å². The van der Waals surface area contributed by atoms with Crippen LogP contribution in [-0.4, -0.2) is 25.5 Å². The zero-order valence-electron chi connectivity index (χ0n) is 9.09. The van der Waals surface area contributed by atoms with E-state index in [1.807, 2.05) is 0 Å². The Labute approximate surface area is 80.6 Å². The van der Waals surface area contributed by atoms with Crippen LogP contribution < -0.4 is 5.73 Å². The lowest BCUT2D eigenvalue weighted by molar-refractivity contribution is -0.121. The lowest BCUT2D eigenvalue weighted by atomic mass is 9.89. The summed E-state index contributed by atoms with van der Waals surface area (Å²) in [6.45, 7) is 6.66. The lowest BCUT2D eigenvalue weighted by Crippen LogP contribution is -2.35. The van der Waals surface area contributed by atoms with E-state index in [9.17, 15) is 4.79 Å². The van der Waals surface area contributed by atoms with Crippen LogP contribution in [0, 0.1) is 5.41 Å². The molecule has 0 saturated heterocycles. The average Bonchev–Trinajstić information content (AvgIpc) is 1.99. The molecule has 0 bridgehead atoms. The minimum atomic E-state index is -0.452. The van der Waals surface area contributed by atoms with E-state index in [-0.39, 0.29) is 11.2 Å². The minimum absolute atomic E-state index is 0.0942. The Hall–Kier alpha value is -0.410. The Morgan fingerprint density at radius 2 is 2.00 bits per heavy atom. The zero-order chi connectivity index (χ0) is 10.5. The van der Waals surface area contributed by atoms with E-state index in [2.05, 4.69) is 20.8 Å². The van der Waals surface area contributed by atoms with Crippen molar-refractivity contribution in [3.05, 3.63) is 0 Å². The number of hydrogen-bond donors (Lipinski definition) is 1. The molecular formula is C10H21NO2. The van der Waals surface area contributed by atoms with Gasteiger partial charge in [0.05, 0.1) is 12.6 Å². The number of carbonyl (C=O) groups is 1. The van der Waals surface area contributed by atoms with Crippen molar-refractivity contribution in [3.63, 3.8) is 0 Å². The van der Waals surface area contributed by atoms with Crippen LogP contribution in [-0.2, 0) is 9.53 Å². The number of ether oxygens (including phenoxy) is 1. The Morgan fingerprint density at radius 1 is 1.46 bits per heavy atom. The van der Waals surface area contributed by atoms with E-state index < -0.39 is 6.04 Å². The summed E-state index contributed by atoms with van der Waals surface area (Å²) in [5.74, 6) is 0.0942. The second-order valence-corrected chi connectivity index (χ2v) is 4.59. The van der Waals surface area contributed by atoms with Gasteiger partial charge in [0.15, 0.2) is 5.78 Å². The first-order chi connectivity index (χ1) is 5.87. The molecule has 0 aromatic rings. The van der Waals surface area contributed by atoms with E-state index in [1.54, 1.807) is 7.11 Å². The normalized spacial score (nSPS) is 14.2. The monoisotopic (exact) mass is 187 g/mol. The Morgan fingerprint density at radius 3 is 2.38 bits per heavy atom. The smallest absolute Gasteiger partial charge is 0.151 e. The number of rotatable bonds is 5. The first-order valence-electron chi connectivity index (χ1n) is 4.64. The van der Waals surface area contributed by atoms with Crippen LogP contribution in [0.3, 0.4) is 0 Å². The fourth-order valence-corrected chi connectivity index (χ4v) is 0.956. The molecule has 1 atom stereocenters. The van der Waals surface area contributed by atoms with Crippen molar-refractivity contribution in [1.29, 1.82) is 0 Å². The summed E-state index contributed by atoms with van der Waals surface area (Å²) >= 11 is 0. The third-order valence-electron chi connectivity index (χ3n) is 1.88. The van der Waals surface area contributed by atoms with Crippen LogP contribution in [0.2, 0.25) is 0 Å². The first-order valence-corrected chi connectivity index (χ1v) is 4.64. The Bertz CT molecular complexity index is 161. The van der Waals surface area contributed by atoms with Crippen molar-refractivity contribution in [2.45, 2.75) is 39.7 Å². The number of methoxy groups -OCH3 is 1. The highest BCUT2D eigenvalue weighted by atomic mass is 16.5. The molecule has 3 heteroatoms. The third kappa shape index (κ3) is 6.72. The average molecular weight is 187 g/mol. The van der Waals surface area contributed by atoms with Crippen molar-refractivity contribution in [1.82, 2.24) is 0 Å². The molecule has 0 rings (SSSR count). The molecule has 1 unspecified atom stereocenters. The topological polar surface area (TPSA) is 52.3 Å². The van der Waals surface area contributed by atoms with Crippen LogP contribution in [0.5, 0.6) is 0 Å². The van der Waals surface area contributed by atoms with Crippen molar-refractivity contribution >= 4 is 5.78 Å². The van der Waals surface area contributed by atoms with Crippen LogP contribution in [0.25, 0.3) is 0 Å². The highest BCUT2D eigenvalue weighted by Gasteiger charge is 2.17. The van der Waals surface area contributed by atoms with Crippen LogP contribution >= 0.6 is 0 Å². The molecule has 0 aromatic heterocycles. The largest absolute Gasteiger partial charge is 0.383 e. The molecule has 0 aliphatic carbocycles. The molecule has 0 aromatic carbocycles. The van der Waals surface area contributed by atoms with Crippen LogP contribution in [0.1, 0.15) is 33.6 Å². The molecular weight excluding hydrogens is 166 g/mol. The molecule has 0 radical (unpaired) electrons. The van der Waals surface area contributed by atoms with Gasteiger partial charge in [-0.25, -0.2) is 0 Å². The Balaban J connectivity index is 3.74. The molecule has 0 saturated carbocycles. The molecule has 0 heterocycles. The van der Waals surface area contributed by atoms with Gasteiger partial charge < -0.3 is 10.5 Å². The highest BCUT2D eigenvalue weighted by Crippen LogP contribution is 2.20. The summed E-state index contributed by atoms with van der Waals surface area (Å²) in [6.07, 6.45) is 1.43. The maximum Gasteiger partial charge on any atom is 0.151 e. The standard InChI is InChI=1S/C10H21NO2/c1-10(2,3)6-5-9(12)8(11)7-13-4/h8H,5-7,11H2,1-4H3. The summed E-state index contributed by atoms with van der Waals surface area (Å²) in [6, 6.07) is -0.452. The van der Waals surface area contributed by atoms with Gasteiger partial charge in [-0.05, 0) is 11.8 Å². The zero-order valence-corrected chi connectivity index (χ0v) is 9.09. The van der Waals surface area contributed by atoms with Gasteiger partial charge in [0.1, 0.15) is 0 Å². The maximum absolute atomic E-state index is 11.4. The molecule has 2 N–H and O–H groups in total. The summed E-state index contributed by atoms with van der Waals surface area (Å²) in [4.78, 5) is 11.4. The van der Waals surface area contributed by atoms with Gasteiger partial charge in [0, 0.05) is 13.5 Å². The SMILES string of the molecule is COCC(N)C(=O)CCC(C)(C)C. The van der Waals surface area contributed by atoms with Crippen LogP contribution in [0.4, 0.5) is 0 Å². The first kappa shape index (κ1) is 12.6. The summed E-state index contributed by atoms with van der Waals surface area (Å²) < 4.78 is 4.81. The molecule has 78 valence electrons. The predicted molar refractivity (Wildman–Crippen MR) is 53.5 cm³/mol. The molecule has 13 heavy (non-hydrogen) atoms. The number of Topliss-reactive ketones (excluding diaryl/α,β-unsaturated/α-hetero) is 1. The second kappa shape index (κ2) is 5.35. The van der Waals surface area contributed by atoms with Gasteiger partial charge in [0.2, 0.25) is 0 Å². The van der Waals surface area contributed by atoms with Gasteiger partial charge in [0.25, 0.3) is 0 Å². The van der Waals surface area contributed by atoms with Crippen LogP contribution in [0.15, 0.2) is 0 Å². The van der Waals surface area contributed by atoms with Crippen molar-refractivity contribution in [2.75, 3.05) is 13.7 Å². The second-order valence-electron chi connectivity index (χ2n) is 4.59. The minimum Gasteiger partial charge on any atom is -0.383 e. The van der Waals surface area contributed by atoms with Gasteiger partial charge >= 0.3 is 0 Å². The third-order valence-corrected chi connectivity index (χ3v) is 1.88. The molecule has 0 aliphatic heterocycles. The van der Waals surface area contributed by atoms with E-state index in [4.69, 9.17) is 10.5 Å². The maximum atomic E-state index is 11.4. The van der Waals surface area contributed by atoms with Crippen molar-refractivity contribution in [3.8, 4) is 0 Å². The molecule has 3 nitrogen and oxygen atoms in total. The van der Waals surface area contributed by atoms with Crippen molar-refractivity contribution < 1.29 is 9.53 Å². The fraction of sp³-hybridized carbons (Fsp3) is 0.900. The number of nitrogens with two attached hydrogens (primary N) is 1. The summed E-state index contributed by atoms with van der Waals surface area (Å²) in [7, 11) is 1.55. The number of carbonyl (C=O) groups excluding carboxylic acids is 1. The quantitative estimate of drug-likeness (QED) is 0.707. The van der Waals surface area contributed by atoms with E-state index in [1.165, 1.54) is 0 Å². The van der Waals surface area contributed by atoms with E-state index >= 15 is 0 Å².